The maximum Gasteiger partial charge on any atom is 0.224 e. The van der Waals surface area contributed by atoms with Crippen LogP contribution in [0.4, 0.5) is 0 Å². The molecule has 0 radical (unpaired) electrons. The van der Waals surface area contributed by atoms with Gasteiger partial charge in [-0.05, 0) is 63.6 Å². The molecule has 29 heavy (non-hydrogen) atoms. The zero-order valence-electron chi connectivity index (χ0n) is 17.6. The van der Waals surface area contributed by atoms with Crippen molar-refractivity contribution in [2.75, 3.05) is 45.0 Å². The Labute approximate surface area is 175 Å². The number of nitrogens with zero attached hydrogens (tertiary/aromatic N) is 2. The van der Waals surface area contributed by atoms with E-state index in [1.165, 1.54) is 22.7 Å². The first-order valence-corrected chi connectivity index (χ1v) is 12.6. The van der Waals surface area contributed by atoms with Gasteiger partial charge in [0.2, 0.25) is 15.9 Å². The van der Waals surface area contributed by atoms with Crippen LogP contribution in [0.5, 0.6) is 0 Å². The van der Waals surface area contributed by atoms with E-state index < -0.39 is 10.0 Å². The fourth-order valence-corrected chi connectivity index (χ4v) is 5.61. The molecule has 0 aromatic heterocycles. The fourth-order valence-electron chi connectivity index (χ4n) is 4.43. The van der Waals surface area contributed by atoms with Crippen molar-refractivity contribution >= 4 is 15.9 Å². The number of benzene rings is 1. The Balaban J connectivity index is 1.34. The number of nitrogens with one attached hydrogen (secondary N) is 1. The molecule has 6 nitrogen and oxygen atoms in total. The van der Waals surface area contributed by atoms with Gasteiger partial charge in [-0.25, -0.2) is 12.7 Å². The highest BCUT2D eigenvalue weighted by molar-refractivity contribution is 7.89. The van der Waals surface area contributed by atoms with Crippen molar-refractivity contribution in [2.45, 2.75) is 39.0 Å². The van der Waals surface area contributed by atoms with E-state index in [-0.39, 0.29) is 17.6 Å². The SMILES string of the molecule is CCS(=O)(=O)N1CCC[C@H](C(=O)NCCN2CCC(Cc3ccccc3)CC2)C1. The quantitative estimate of drug-likeness (QED) is 0.698. The van der Waals surface area contributed by atoms with E-state index in [0.717, 1.165) is 44.8 Å². The molecule has 2 fully saturated rings. The third-order valence-corrected chi connectivity index (χ3v) is 8.16. The lowest BCUT2D eigenvalue weighted by atomic mass is 9.90. The van der Waals surface area contributed by atoms with Crippen LogP contribution in [0.2, 0.25) is 0 Å². The molecule has 7 heteroatoms. The van der Waals surface area contributed by atoms with Gasteiger partial charge in [-0.3, -0.25) is 4.79 Å². The molecule has 2 aliphatic heterocycles. The number of piperidine rings is 2. The highest BCUT2D eigenvalue weighted by Crippen LogP contribution is 2.22. The molecule has 1 N–H and O–H groups in total. The second-order valence-corrected chi connectivity index (χ2v) is 10.6. The van der Waals surface area contributed by atoms with Crippen molar-refractivity contribution in [2.24, 2.45) is 11.8 Å². The number of hydrogen-bond donors (Lipinski definition) is 1. The minimum Gasteiger partial charge on any atom is -0.355 e. The van der Waals surface area contributed by atoms with Crippen molar-refractivity contribution in [3.63, 3.8) is 0 Å². The van der Waals surface area contributed by atoms with E-state index >= 15 is 0 Å². The van der Waals surface area contributed by atoms with E-state index in [9.17, 15) is 13.2 Å². The summed E-state index contributed by atoms with van der Waals surface area (Å²) in [7, 11) is -3.21. The van der Waals surface area contributed by atoms with Crippen molar-refractivity contribution in [1.82, 2.24) is 14.5 Å². The van der Waals surface area contributed by atoms with Crippen LogP contribution >= 0.6 is 0 Å². The minimum absolute atomic E-state index is 0.0000309. The molecule has 1 aromatic rings. The Bertz CT molecular complexity index is 746. The Morgan fingerprint density at radius 2 is 1.83 bits per heavy atom. The van der Waals surface area contributed by atoms with Crippen molar-refractivity contribution < 1.29 is 13.2 Å². The zero-order chi connectivity index (χ0) is 20.7. The number of hydrogen-bond acceptors (Lipinski definition) is 4. The van der Waals surface area contributed by atoms with Crippen LogP contribution in [0.25, 0.3) is 0 Å². The van der Waals surface area contributed by atoms with E-state index in [1.54, 1.807) is 6.92 Å². The minimum atomic E-state index is -3.21. The predicted molar refractivity (Wildman–Crippen MR) is 116 cm³/mol. The third-order valence-electron chi connectivity index (χ3n) is 6.31. The summed E-state index contributed by atoms with van der Waals surface area (Å²) in [6, 6.07) is 10.7. The number of carbonyl (C=O) groups is 1. The number of carbonyl (C=O) groups excluding carboxylic acids is 1. The maximum atomic E-state index is 12.5. The van der Waals surface area contributed by atoms with E-state index in [4.69, 9.17) is 0 Å². The van der Waals surface area contributed by atoms with Gasteiger partial charge in [0, 0.05) is 26.2 Å². The third kappa shape index (κ3) is 6.52. The van der Waals surface area contributed by atoms with E-state index in [0.29, 0.717) is 19.6 Å². The molecule has 2 heterocycles. The molecule has 162 valence electrons. The van der Waals surface area contributed by atoms with Gasteiger partial charge in [0.1, 0.15) is 0 Å². The number of amides is 1. The Hall–Kier alpha value is -1.44. The lowest BCUT2D eigenvalue weighted by Gasteiger charge is -2.33. The fraction of sp³-hybridized carbons (Fsp3) is 0.682. The molecule has 0 unspecified atom stereocenters. The Kier molecular flexibility index (Phi) is 8.09. The van der Waals surface area contributed by atoms with Gasteiger partial charge in [-0.1, -0.05) is 30.3 Å². The molecule has 3 rings (SSSR count). The average Bonchev–Trinajstić information content (AvgIpc) is 2.75. The summed E-state index contributed by atoms with van der Waals surface area (Å²) in [6.45, 7) is 6.19. The topological polar surface area (TPSA) is 69.7 Å². The zero-order valence-corrected chi connectivity index (χ0v) is 18.4. The van der Waals surface area contributed by atoms with Gasteiger partial charge in [0.15, 0.2) is 0 Å². The first-order chi connectivity index (χ1) is 14.0. The first-order valence-electron chi connectivity index (χ1n) is 11.0. The molecule has 0 spiro atoms. The van der Waals surface area contributed by atoms with Crippen LogP contribution in [0.1, 0.15) is 38.2 Å². The van der Waals surface area contributed by atoms with Gasteiger partial charge < -0.3 is 10.2 Å². The summed E-state index contributed by atoms with van der Waals surface area (Å²) in [5, 5.41) is 3.04. The van der Waals surface area contributed by atoms with Crippen LogP contribution in [0, 0.1) is 11.8 Å². The second-order valence-electron chi connectivity index (χ2n) is 8.36. The highest BCUT2D eigenvalue weighted by atomic mass is 32.2. The summed E-state index contributed by atoms with van der Waals surface area (Å²) in [5.74, 6) is 0.625. The van der Waals surface area contributed by atoms with Crippen molar-refractivity contribution in [3.8, 4) is 0 Å². The van der Waals surface area contributed by atoms with Gasteiger partial charge >= 0.3 is 0 Å². The molecular formula is C22H35N3O3S. The van der Waals surface area contributed by atoms with Gasteiger partial charge in [-0.2, -0.15) is 0 Å². The normalized spacial score (nSPS) is 22.4. The highest BCUT2D eigenvalue weighted by Gasteiger charge is 2.31. The molecule has 2 aliphatic rings. The van der Waals surface area contributed by atoms with Gasteiger partial charge in [0.25, 0.3) is 0 Å². The average molecular weight is 422 g/mol. The maximum absolute atomic E-state index is 12.5. The van der Waals surface area contributed by atoms with E-state index in [1.807, 2.05) is 0 Å². The summed E-state index contributed by atoms with van der Waals surface area (Å²) >= 11 is 0. The molecular weight excluding hydrogens is 386 g/mol. The molecule has 2 saturated heterocycles. The molecule has 1 aromatic carbocycles. The molecule has 0 saturated carbocycles. The Morgan fingerprint density at radius 3 is 2.52 bits per heavy atom. The smallest absolute Gasteiger partial charge is 0.224 e. The van der Waals surface area contributed by atoms with Gasteiger partial charge in [0.05, 0.1) is 11.7 Å². The largest absolute Gasteiger partial charge is 0.355 e. The van der Waals surface area contributed by atoms with Crippen LogP contribution in [-0.2, 0) is 21.2 Å². The van der Waals surface area contributed by atoms with Crippen molar-refractivity contribution in [1.29, 1.82) is 0 Å². The lowest BCUT2D eigenvalue weighted by molar-refractivity contribution is -0.126. The Morgan fingerprint density at radius 1 is 1.10 bits per heavy atom. The van der Waals surface area contributed by atoms with Crippen LogP contribution in [0.3, 0.4) is 0 Å². The van der Waals surface area contributed by atoms with Gasteiger partial charge in [-0.15, -0.1) is 0 Å². The van der Waals surface area contributed by atoms with Crippen LogP contribution in [0.15, 0.2) is 30.3 Å². The standard InChI is InChI=1S/C22H35N3O3S/c1-2-29(27,28)25-13-6-9-21(18-25)22(26)23-12-16-24-14-10-20(11-15-24)17-19-7-4-3-5-8-19/h3-5,7-8,20-21H,2,6,9-18H2,1H3,(H,23,26)/t21-/m0/s1. The number of sulfonamides is 1. The second kappa shape index (κ2) is 10.5. The summed E-state index contributed by atoms with van der Waals surface area (Å²) in [5.41, 5.74) is 1.42. The summed E-state index contributed by atoms with van der Waals surface area (Å²) < 4.78 is 25.6. The number of likely N-dealkylation sites (tertiary alicyclic amines) is 1. The molecule has 1 atom stereocenters. The van der Waals surface area contributed by atoms with E-state index in [2.05, 4.69) is 40.5 Å². The monoisotopic (exact) mass is 421 g/mol. The number of rotatable bonds is 8. The molecule has 0 aliphatic carbocycles. The summed E-state index contributed by atoms with van der Waals surface area (Å²) in [6.07, 6.45) is 5.09. The van der Waals surface area contributed by atoms with Crippen LogP contribution in [-0.4, -0.2) is 68.6 Å². The first kappa shape index (κ1) is 22.2. The molecule has 1 amide bonds. The molecule has 0 bridgehead atoms. The van der Waals surface area contributed by atoms with Crippen LogP contribution < -0.4 is 5.32 Å². The summed E-state index contributed by atoms with van der Waals surface area (Å²) in [4.78, 5) is 14.9. The van der Waals surface area contributed by atoms with Crippen molar-refractivity contribution in [3.05, 3.63) is 35.9 Å². The lowest BCUT2D eigenvalue weighted by Crippen LogP contribution is -2.47. The predicted octanol–water partition coefficient (Wildman–Crippen LogP) is 2.12.